The normalized spacial score (nSPS) is 10.7. The molecule has 5 heteroatoms. The van der Waals surface area contributed by atoms with Gasteiger partial charge < -0.3 is 9.30 Å². The van der Waals surface area contributed by atoms with Crippen LogP contribution in [0.5, 0.6) is 5.88 Å². The Bertz CT molecular complexity index is 996. The minimum atomic E-state index is 0.598. The van der Waals surface area contributed by atoms with Crippen molar-refractivity contribution in [2.75, 3.05) is 6.61 Å². The quantitative estimate of drug-likeness (QED) is 0.512. The summed E-state index contributed by atoms with van der Waals surface area (Å²) in [6.45, 7) is 3.24. The third-order valence-corrected chi connectivity index (χ3v) is 4.26. The van der Waals surface area contributed by atoms with Crippen LogP contribution in [0, 0.1) is 0 Å². The largest absolute Gasteiger partial charge is 0.478 e. The van der Waals surface area contributed by atoms with Crippen LogP contribution >= 0.6 is 0 Å². The molecular formula is C22H20N4O. The van der Waals surface area contributed by atoms with Crippen LogP contribution in [0.15, 0.2) is 79.5 Å². The topological polar surface area (TPSA) is 52.8 Å². The standard InChI is InChI=1S/C22H20N4O/c1-2-27-20-11-10-19(14-24-20)22-21(18-8-4-3-5-9-18)25-16-26(22)15-17-7-6-12-23-13-17/h3-14,16H,2,15H2,1H3. The summed E-state index contributed by atoms with van der Waals surface area (Å²) < 4.78 is 7.61. The molecule has 0 aliphatic rings. The van der Waals surface area contributed by atoms with Gasteiger partial charge >= 0.3 is 0 Å². The minimum Gasteiger partial charge on any atom is -0.478 e. The molecule has 0 aliphatic heterocycles. The van der Waals surface area contributed by atoms with E-state index in [4.69, 9.17) is 9.72 Å². The summed E-state index contributed by atoms with van der Waals surface area (Å²) in [5, 5.41) is 0. The maximum Gasteiger partial charge on any atom is 0.213 e. The van der Waals surface area contributed by atoms with E-state index in [1.54, 1.807) is 6.20 Å². The molecule has 0 fully saturated rings. The molecule has 5 nitrogen and oxygen atoms in total. The molecular weight excluding hydrogens is 336 g/mol. The molecule has 0 amide bonds. The summed E-state index contributed by atoms with van der Waals surface area (Å²) in [5.41, 5.74) is 5.16. The molecule has 3 aromatic heterocycles. The zero-order chi connectivity index (χ0) is 18.5. The Morgan fingerprint density at radius 2 is 1.78 bits per heavy atom. The minimum absolute atomic E-state index is 0.598. The van der Waals surface area contributed by atoms with Crippen molar-refractivity contribution in [2.24, 2.45) is 0 Å². The fourth-order valence-corrected chi connectivity index (χ4v) is 3.05. The van der Waals surface area contributed by atoms with Crippen LogP contribution in [0.25, 0.3) is 22.5 Å². The average molecular weight is 356 g/mol. The monoisotopic (exact) mass is 356 g/mol. The van der Waals surface area contributed by atoms with E-state index >= 15 is 0 Å². The summed E-state index contributed by atoms with van der Waals surface area (Å²) in [6.07, 6.45) is 7.38. The number of rotatable bonds is 6. The zero-order valence-corrected chi connectivity index (χ0v) is 15.1. The van der Waals surface area contributed by atoms with E-state index in [1.165, 1.54) is 0 Å². The SMILES string of the molecule is CCOc1ccc(-c2c(-c3ccccc3)ncn2Cc2cccnc2)cn1. The van der Waals surface area contributed by atoms with E-state index in [-0.39, 0.29) is 0 Å². The van der Waals surface area contributed by atoms with E-state index in [9.17, 15) is 0 Å². The Morgan fingerprint density at radius 3 is 2.48 bits per heavy atom. The third-order valence-electron chi connectivity index (χ3n) is 4.26. The van der Waals surface area contributed by atoms with E-state index in [1.807, 2.05) is 62.0 Å². The second-order valence-corrected chi connectivity index (χ2v) is 6.12. The van der Waals surface area contributed by atoms with Gasteiger partial charge in [0.2, 0.25) is 5.88 Å². The Balaban J connectivity index is 1.79. The fourth-order valence-electron chi connectivity index (χ4n) is 3.05. The molecule has 134 valence electrons. The highest BCUT2D eigenvalue weighted by Gasteiger charge is 2.16. The van der Waals surface area contributed by atoms with Crippen LogP contribution in [0.4, 0.5) is 0 Å². The van der Waals surface area contributed by atoms with Gasteiger partial charge in [0, 0.05) is 35.8 Å². The molecule has 4 aromatic rings. The summed E-state index contributed by atoms with van der Waals surface area (Å²) in [4.78, 5) is 13.4. The first-order valence-electron chi connectivity index (χ1n) is 8.94. The molecule has 1 aromatic carbocycles. The molecule has 0 unspecified atom stereocenters. The molecule has 0 aliphatic carbocycles. The van der Waals surface area contributed by atoms with Gasteiger partial charge in [-0.05, 0) is 24.6 Å². The maximum atomic E-state index is 5.48. The first-order valence-corrected chi connectivity index (χ1v) is 8.94. The molecule has 0 N–H and O–H groups in total. The highest BCUT2D eigenvalue weighted by molar-refractivity contribution is 5.78. The number of benzene rings is 1. The molecule has 0 bridgehead atoms. The van der Waals surface area contributed by atoms with Crippen molar-refractivity contribution in [2.45, 2.75) is 13.5 Å². The Hall–Kier alpha value is -3.47. The third kappa shape index (κ3) is 3.72. The maximum absolute atomic E-state index is 5.48. The fraction of sp³-hybridized carbons (Fsp3) is 0.136. The van der Waals surface area contributed by atoms with Gasteiger partial charge in [0.15, 0.2) is 0 Å². The first kappa shape index (κ1) is 17.0. The van der Waals surface area contributed by atoms with E-state index in [2.05, 4.69) is 32.7 Å². The smallest absolute Gasteiger partial charge is 0.213 e. The van der Waals surface area contributed by atoms with Gasteiger partial charge in [-0.2, -0.15) is 0 Å². The summed E-state index contributed by atoms with van der Waals surface area (Å²) in [7, 11) is 0. The molecule has 0 radical (unpaired) electrons. The highest BCUT2D eigenvalue weighted by Crippen LogP contribution is 2.31. The van der Waals surface area contributed by atoms with Gasteiger partial charge in [0.1, 0.15) is 0 Å². The van der Waals surface area contributed by atoms with Crippen molar-refractivity contribution in [3.8, 4) is 28.4 Å². The molecule has 4 rings (SSSR count). The van der Waals surface area contributed by atoms with Crippen LogP contribution in [-0.2, 0) is 6.54 Å². The average Bonchev–Trinajstić information content (AvgIpc) is 3.14. The van der Waals surface area contributed by atoms with Crippen LogP contribution in [0.2, 0.25) is 0 Å². The molecule has 0 spiro atoms. The number of imidazole rings is 1. The Labute approximate surface area is 158 Å². The van der Waals surface area contributed by atoms with Gasteiger partial charge in [-0.3, -0.25) is 4.98 Å². The van der Waals surface area contributed by atoms with Crippen molar-refractivity contribution in [3.63, 3.8) is 0 Å². The predicted octanol–water partition coefficient (Wildman–Crippen LogP) is 4.45. The van der Waals surface area contributed by atoms with Gasteiger partial charge in [-0.25, -0.2) is 9.97 Å². The molecule has 0 atom stereocenters. The first-order chi connectivity index (χ1) is 13.3. The van der Waals surface area contributed by atoms with Crippen LogP contribution < -0.4 is 4.74 Å². The van der Waals surface area contributed by atoms with E-state index in [0.717, 1.165) is 28.1 Å². The Morgan fingerprint density at radius 1 is 0.889 bits per heavy atom. The van der Waals surface area contributed by atoms with Crippen molar-refractivity contribution in [1.29, 1.82) is 0 Å². The van der Waals surface area contributed by atoms with Crippen molar-refractivity contribution in [3.05, 3.63) is 85.1 Å². The van der Waals surface area contributed by atoms with Crippen molar-refractivity contribution in [1.82, 2.24) is 19.5 Å². The highest BCUT2D eigenvalue weighted by atomic mass is 16.5. The number of ether oxygens (including phenoxy) is 1. The Kier molecular flexibility index (Phi) is 4.92. The molecule has 0 saturated heterocycles. The molecule has 0 saturated carbocycles. The van der Waals surface area contributed by atoms with Crippen LogP contribution in [0.3, 0.4) is 0 Å². The van der Waals surface area contributed by atoms with Gasteiger partial charge in [-0.15, -0.1) is 0 Å². The molecule has 3 heterocycles. The summed E-state index contributed by atoms with van der Waals surface area (Å²) >= 11 is 0. The lowest BCUT2D eigenvalue weighted by Crippen LogP contribution is -2.02. The van der Waals surface area contributed by atoms with Crippen LogP contribution in [0.1, 0.15) is 12.5 Å². The van der Waals surface area contributed by atoms with Crippen LogP contribution in [-0.4, -0.2) is 26.1 Å². The molecule has 27 heavy (non-hydrogen) atoms. The lowest BCUT2D eigenvalue weighted by atomic mass is 10.1. The summed E-state index contributed by atoms with van der Waals surface area (Å²) in [5.74, 6) is 0.626. The van der Waals surface area contributed by atoms with Gasteiger partial charge in [0.05, 0.1) is 30.9 Å². The zero-order valence-electron chi connectivity index (χ0n) is 15.1. The second kappa shape index (κ2) is 7.83. The number of hydrogen-bond donors (Lipinski definition) is 0. The van der Waals surface area contributed by atoms with E-state index < -0.39 is 0 Å². The number of nitrogens with zero attached hydrogens (tertiary/aromatic N) is 4. The van der Waals surface area contributed by atoms with E-state index in [0.29, 0.717) is 19.0 Å². The summed E-state index contributed by atoms with van der Waals surface area (Å²) in [6, 6.07) is 18.1. The van der Waals surface area contributed by atoms with Gasteiger partial charge in [-0.1, -0.05) is 36.4 Å². The van der Waals surface area contributed by atoms with Crippen molar-refractivity contribution >= 4 is 0 Å². The van der Waals surface area contributed by atoms with Gasteiger partial charge in [0.25, 0.3) is 0 Å². The predicted molar refractivity (Wildman–Crippen MR) is 105 cm³/mol. The lowest BCUT2D eigenvalue weighted by molar-refractivity contribution is 0.327. The number of aromatic nitrogens is 4. The number of pyridine rings is 2. The lowest BCUT2D eigenvalue weighted by Gasteiger charge is -2.11. The number of hydrogen-bond acceptors (Lipinski definition) is 4. The van der Waals surface area contributed by atoms with Crippen molar-refractivity contribution < 1.29 is 4.74 Å². The second-order valence-electron chi connectivity index (χ2n) is 6.12.